The fourth-order valence-corrected chi connectivity index (χ4v) is 2.63. The second-order valence-corrected chi connectivity index (χ2v) is 6.33. The summed E-state index contributed by atoms with van der Waals surface area (Å²) in [7, 11) is 0. The molecule has 0 radical (unpaired) electrons. The van der Waals surface area contributed by atoms with Crippen LogP contribution in [0, 0.1) is 12.8 Å². The van der Waals surface area contributed by atoms with E-state index in [-0.39, 0.29) is 17.6 Å². The largest absolute Gasteiger partial charge is 0.345 e. The third-order valence-corrected chi connectivity index (χ3v) is 3.75. The molecule has 0 spiro atoms. The topological polar surface area (TPSA) is 87.7 Å². The van der Waals surface area contributed by atoms with E-state index < -0.39 is 5.69 Å². The summed E-state index contributed by atoms with van der Waals surface area (Å²) < 4.78 is 0. The van der Waals surface area contributed by atoms with Crippen molar-refractivity contribution in [2.75, 3.05) is 0 Å². The zero-order chi connectivity index (χ0) is 17.7. The van der Waals surface area contributed by atoms with Crippen molar-refractivity contribution in [2.45, 2.75) is 46.6 Å². The van der Waals surface area contributed by atoms with Gasteiger partial charge in [0.25, 0.3) is 5.91 Å². The standard InChI is InChI=1S/C18H24N4O2/c1-5-14(16-12(4)7-6-8-19-16)21-17(23)15-10-13(9-11(2)3)20-18(24)22-15/h6-8,10-11,14H,5,9H2,1-4H3,(H,21,23)(H,20,22,24). The van der Waals surface area contributed by atoms with Gasteiger partial charge in [-0.1, -0.05) is 26.8 Å². The minimum atomic E-state index is -0.500. The van der Waals surface area contributed by atoms with Crippen LogP contribution in [0.5, 0.6) is 0 Å². The smallest absolute Gasteiger partial charge is 0.342 e. The lowest BCUT2D eigenvalue weighted by Gasteiger charge is -2.18. The first kappa shape index (κ1) is 17.8. The number of hydrogen-bond acceptors (Lipinski definition) is 4. The predicted octanol–water partition coefficient (Wildman–Crippen LogP) is 2.55. The van der Waals surface area contributed by atoms with Crippen LogP contribution in [0.4, 0.5) is 0 Å². The number of nitrogens with zero attached hydrogens (tertiary/aromatic N) is 2. The van der Waals surface area contributed by atoms with E-state index in [4.69, 9.17) is 0 Å². The Morgan fingerprint density at radius 2 is 2.12 bits per heavy atom. The summed E-state index contributed by atoms with van der Waals surface area (Å²) in [6, 6.07) is 5.26. The second-order valence-electron chi connectivity index (χ2n) is 6.33. The molecule has 0 saturated carbocycles. The van der Waals surface area contributed by atoms with Gasteiger partial charge >= 0.3 is 5.69 Å². The van der Waals surface area contributed by atoms with E-state index in [9.17, 15) is 9.59 Å². The molecule has 0 aliphatic carbocycles. The first-order valence-electron chi connectivity index (χ1n) is 8.23. The van der Waals surface area contributed by atoms with E-state index in [0.717, 1.165) is 17.0 Å². The molecule has 6 nitrogen and oxygen atoms in total. The number of hydrogen-bond donors (Lipinski definition) is 2. The molecule has 2 rings (SSSR count). The SMILES string of the molecule is CCC(NC(=O)c1cc(CC(C)C)[nH]c(=O)n1)c1ncccc1C. The maximum Gasteiger partial charge on any atom is 0.345 e. The molecule has 1 amide bonds. The second kappa shape index (κ2) is 7.86. The van der Waals surface area contributed by atoms with Gasteiger partial charge in [-0.15, -0.1) is 0 Å². The number of carbonyl (C=O) groups is 1. The minimum absolute atomic E-state index is 0.140. The molecule has 0 fully saturated rings. The fourth-order valence-electron chi connectivity index (χ4n) is 2.63. The molecule has 0 aromatic carbocycles. The van der Waals surface area contributed by atoms with Crippen molar-refractivity contribution in [2.24, 2.45) is 5.92 Å². The van der Waals surface area contributed by atoms with Gasteiger partial charge in [-0.25, -0.2) is 4.79 Å². The molecule has 0 bridgehead atoms. The highest BCUT2D eigenvalue weighted by molar-refractivity contribution is 5.92. The normalized spacial score (nSPS) is 12.2. The summed E-state index contributed by atoms with van der Waals surface area (Å²) in [4.78, 5) is 35.1. The average molecular weight is 328 g/mol. The molecule has 24 heavy (non-hydrogen) atoms. The van der Waals surface area contributed by atoms with E-state index >= 15 is 0 Å². The van der Waals surface area contributed by atoms with Crippen molar-refractivity contribution >= 4 is 5.91 Å². The number of H-pyrrole nitrogens is 1. The molecular weight excluding hydrogens is 304 g/mol. The summed E-state index contributed by atoms with van der Waals surface area (Å²) in [5, 5.41) is 2.93. The van der Waals surface area contributed by atoms with Gasteiger partial charge in [0.15, 0.2) is 0 Å². The van der Waals surface area contributed by atoms with Gasteiger partial charge in [-0.2, -0.15) is 4.98 Å². The number of aromatic nitrogens is 3. The maximum absolute atomic E-state index is 12.5. The van der Waals surface area contributed by atoms with Gasteiger partial charge in [-0.3, -0.25) is 9.78 Å². The Balaban J connectivity index is 2.23. The highest BCUT2D eigenvalue weighted by Gasteiger charge is 2.18. The minimum Gasteiger partial charge on any atom is -0.342 e. The Labute approximate surface area is 141 Å². The van der Waals surface area contributed by atoms with E-state index in [1.165, 1.54) is 0 Å². The number of rotatable bonds is 6. The van der Waals surface area contributed by atoms with Crippen molar-refractivity contribution in [1.29, 1.82) is 0 Å². The van der Waals surface area contributed by atoms with E-state index in [1.54, 1.807) is 12.3 Å². The molecule has 0 aliphatic rings. The number of aromatic amines is 1. The maximum atomic E-state index is 12.5. The van der Waals surface area contributed by atoms with Gasteiger partial charge in [0.2, 0.25) is 0 Å². The number of nitrogens with one attached hydrogen (secondary N) is 2. The summed E-state index contributed by atoms with van der Waals surface area (Å²) in [5.74, 6) is 0.0153. The Kier molecular flexibility index (Phi) is 5.84. The molecule has 1 unspecified atom stereocenters. The monoisotopic (exact) mass is 328 g/mol. The summed E-state index contributed by atoms with van der Waals surface area (Å²) >= 11 is 0. The van der Waals surface area contributed by atoms with Crippen LogP contribution >= 0.6 is 0 Å². The van der Waals surface area contributed by atoms with Crippen LogP contribution in [0.15, 0.2) is 29.2 Å². The summed E-state index contributed by atoms with van der Waals surface area (Å²) in [5.41, 5.74) is 2.21. The van der Waals surface area contributed by atoms with E-state index in [1.807, 2.05) is 26.0 Å². The molecular formula is C18H24N4O2. The van der Waals surface area contributed by atoms with E-state index in [0.29, 0.717) is 18.8 Å². The lowest BCUT2D eigenvalue weighted by molar-refractivity contribution is 0.0929. The van der Waals surface area contributed by atoms with Gasteiger partial charge in [0.05, 0.1) is 11.7 Å². The Morgan fingerprint density at radius 3 is 2.75 bits per heavy atom. The van der Waals surface area contributed by atoms with Crippen molar-refractivity contribution in [1.82, 2.24) is 20.3 Å². The van der Waals surface area contributed by atoms with Crippen LogP contribution in [-0.2, 0) is 6.42 Å². The molecule has 1 atom stereocenters. The van der Waals surface area contributed by atoms with Crippen LogP contribution in [-0.4, -0.2) is 20.9 Å². The van der Waals surface area contributed by atoms with Crippen LogP contribution in [0.3, 0.4) is 0 Å². The van der Waals surface area contributed by atoms with Crippen molar-refractivity contribution in [3.63, 3.8) is 0 Å². The molecule has 2 aromatic heterocycles. The molecule has 2 heterocycles. The van der Waals surface area contributed by atoms with Crippen LogP contribution in [0.1, 0.15) is 60.7 Å². The third-order valence-electron chi connectivity index (χ3n) is 3.75. The average Bonchev–Trinajstić information content (AvgIpc) is 2.52. The highest BCUT2D eigenvalue weighted by atomic mass is 16.2. The molecule has 2 N–H and O–H groups in total. The zero-order valence-electron chi connectivity index (χ0n) is 14.6. The number of amides is 1. The van der Waals surface area contributed by atoms with Crippen LogP contribution in [0.25, 0.3) is 0 Å². The fraction of sp³-hybridized carbons (Fsp3) is 0.444. The summed E-state index contributed by atoms with van der Waals surface area (Å²) in [6.45, 7) is 8.04. The molecule has 0 aliphatic heterocycles. The van der Waals surface area contributed by atoms with E-state index in [2.05, 4.69) is 34.1 Å². The van der Waals surface area contributed by atoms with Crippen molar-refractivity contribution in [3.8, 4) is 0 Å². The Bertz CT molecular complexity index is 768. The first-order valence-corrected chi connectivity index (χ1v) is 8.23. The van der Waals surface area contributed by atoms with Crippen LogP contribution < -0.4 is 11.0 Å². The lowest BCUT2D eigenvalue weighted by atomic mass is 10.1. The highest BCUT2D eigenvalue weighted by Crippen LogP contribution is 2.18. The Morgan fingerprint density at radius 1 is 1.38 bits per heavy atom. The van der Waals surface area contributed by atoms with Crippen molar-refractivity contribution < 1.29 is 4.79 Å². The molecule has 2 aromatic rings. The predicted molar refractivity (Wildman–Crippen MR) is 92.9 cm³/mol. The number of pyridine rings is 1. The Hall–Kier alpha value is -2.50. The van der Waals surface area contributed by atoms with Gasteiger partial charge in [0.1, 0.15) is 5.69 Å². The van der Waals surface area contributed by atoms with Crippen LogP contribution in [0.2, 0.25) is 0 Å². The quantitative estimate of drug-likeness (QED) is 0.853. The first-order chi connectivity index (χ1) is 11.4. The van der Waals surface area contributed by atoms with Gasteiger partial charge in [0, 0.05) is 11.9 Å². The molecule has 0 saturated heterocycles. The number of carbonyl (C=O) groups excluding carboxylic acids is 1. The zero-order valence-corrected chi connectivity index (χ0v) is 14.6. The van der Waals surface area contributed by atoms with Gasteiger partial charge < -0.3 is 10.3 Å². The number of aryl methyl sites for hydroxylation is 1. The van der Waals surface area contributed by atoms with Gasteiger partial charge in [-0.05, 0) is 43.4 Å². The third kappa shape index (κ3) is 4.50. The molecule has 6 heteroatoms. The summed E-state index contributed by atoms with van der Waals surface area (Å²) in [6.07, 6.45) is 3.10. The van der Waals surface area contributed by atoms with Crippen molar-refractivity contribution in [3.05, 3.63) is 57.5 Å². The lowest BCUT2D eigenvalue weighted by Crippen LogP contribution is -2.32. The molecule has 128 valence electrons.